The van der Waals surface area contributed by atoms with Crippen LogP contribution in [0, 0.1) is 11.2 Å². The molecule has 4 heterocycles. The van der Waals surface area contributed by atoms with Crippen LogP contribution in [0.25, 0.3) is 10.9 Å². The number of carbonyl (C=O) groups excluding carboxylic acids is 1. The summed E-state index contributed by atoms with van der Waals surface area (Å²) in [4.78, 5) is 28.5. The van der Waals surface area contributed by atoms with Crippen LogP contribution >= 0.6 is 15.9 Å². The van der Waals surface area contributed by atoms with Gasteiger partial charge in [-0.15, -0.1) is 0 Å². The molecular formula is C32H47BrFN5O4. The van der Waals surface area contributed by atoms with Gasteiger partial charge < -0.3 is 28.9 Å². The highest BCUT2D eigenvalue weighted by Gasteiger charge is 2.48. The summed E-state index contributed by atoms with van der Waals surface area (Å²) in [6.07, 6.45) is 4.23. The third-order valence-electron chi connectivity index (χ3n) is 8.78. The zero-order valence-corrected chi connectivity index (χ0v) is 28.1. The summed E-state index contributed by atoms with van der Waals surface area (Å²) in [5, 5.41) is 0.713. The number of carbonyl (C=O) groups is 1. The molecule has 1 aromatic carbocycles. The summed E-state index contributed by atoms with van der Waals surface area (Å²) in [7, 11) is 0. The summed E-state index contributed by atoms with van der Waals surface area (Å²) >= 11 is 3.46. The summed E-state index contributed by atoms with van der Waals surface area (Å²) < 4.78 is 33.8. The van der Waals surface area contributed by atoms with Crippen LogP contribution in [0.5, 0.6) is 6.01 Å². The van der Waals surface area contributed by atoms with E-state index in [4.69, 9.17) is 19.2 Å². The number of piperidine rings is 2. The Balaban J connectivity index is 1.29. The first kappa shape index (κ1) is 32.2. The van der Waals surface area contributed by atoms with Gasteiger partial charge in [0.1, 0.15) is 23.0 Å². The van der Waals surface area contributed by atoms with Crippen molar-refractivity contribution in [2.75, 3.05) is 57.3 Å². The number of ether oxygens (including phenoxy) is 3. The number of aromatic nitrogens is 2. The number of nitrogens with zero attached hydrogens (tertiary/aromatic N) is 5. The quantitative estimate of drug-likeness (QED) is 0.330. The Bertz CT molecular complexity index is 1300. The lowest BCUT2D eigenvalue weighted by molar-refractivity contribution is -0.0434. The van der Waals surface area contributed by atoms with E-state index < -0.39 is 5.60 Å². The number of anilines is 1. The van der Waals surface area contributed by atoms with E-state index in [1.807, 2.05) is 33.8 Å². The van der Waals surface area contributed by atoms with E-state index in [1.165, 1.54) is 0 Å². The largest absolute Gasteiger partial charge is 0.460 e. The van der Waals surface area contributed by atoms with Crippen LogP contribution in [0.3, 0.4) is 0 Å². The van der Waals surface area contributed by atoms with Gasteiger partial charge in [-0.3, -0.25) is 0 Å². The van der Waals surface area contributed by atoms with Gasteiger partial charge in [-0.25, -0.2) is 9.18 Å². The van der Waals surface area contributed by atoms with Crippen LogP contribution in [-0.2, 0) is 15.9 Å². The van der Waals surface area contributed by atoms with Gasteiger partial charge in [0.15, 0.2) is 5.82 Å². The van der Waals surface area contributed by atoms with Crippen molar-refractivity contribution >= 4 is 38.7 Å². The number of benzene rings is 1. The molecule has 5 rings (SSSR count). The summed E-state index contributed by atoms with van der Waals surface area (Å²) in [5.74, 6) is 0.353. The van der Waals surface area contributed by atoms with Gasteiger partial charge in [0, 0.05) is 56.6 Å². The molecule has 3 aliphatic rings. The van der Waals surface area contributed by atoms with Gasteiger partial charge >= 0.3 is 12.1 Å². The van der Waals surface area contributed by atoms with Crippen LogP contribution < -0.4 is 9.64 Å². The molecule has 3 aliphatic heterocycles. The molecule has 0 N–H and O–H groups in total. The average molecular weight is 665 g/mol. The van der Waals surface area contributed by atoms with Crippen molar-refractivity contribution < 1.29 is 23.4 Å². The van der Waals surface area contributed by atoms with Gasteiger partial charge in [-0.05, 0) is 94.3 Å². The lowest BCUT2D eigenvalue weighted by Gasteiger charge is -2.53. The normalized spacial score (nSPS) is 19.7. The van der Waals surface area contributed by atoms with Gasteiger partial charge in [0.2, 0.25) is 0 Å². The molecule has 11 heteroatoms. The van der Waals surface area contributed by atoms with E-state index in [0.717, 1.165) is 76.4 Å². The van der Waals surface area contributed by atoms with Crippen LogP contribution in [0.2, 0.25) is 0 Å². The minimum Gasteiger partial charge on any atom is -0.460 e. The third-order valence-corrected chi connectivity index (χ3v) is 9.64. The van der Waals surface area contributed by atoms with Crippen LogP contribution in [-0.4, -0.2) is 96.1 Å². The molecule has 0 unspecified atom stereocenters. The molecule has 0 saturated carbocycles. The Hall–Kier alpha value is -2.24. The molecule has 0 bridgehead atoms. The second-order valence-corrected chi connectivity index (χ2v) is 14.4. The fourth-order valence-electron chi connectivity index (χ4n) is 6.32. The minimum absolute atomic E-state index is 0.0209. The Morgan fingerprint density at radius 1 is 1.14 bits per heavy atom. The second kappa shape index (κ2) is 13.0. The molecule has 0 atom stereocenters. The number of hydrogen-bond donors (Lipinski definition) is 0. The van der Waals surface area contributed by atoms with E-state index in [9.17, 15) is 4.79 Å². The Kier molecular flexibility index (Phi) is 9.73. The first-order valence-electron chi connectivity index (χ1n) is 15.8. The van der Waals surface area contributed by atoms with Gasteiger partial charge in [0.25, 0.3) is 0 Å². The first-order chi connectivity index (χ1) is 20.4. The summed E-state index contributed by atoms with van der Waals surface area (Å²) in [6, 6.07) is 2.25. The fraction of sp³-hybridized carbons (Fsp3) is 0.719. The number of hydrogen-bond acceptors (Lipinski definition) is 8. The molecule has 3 fully saturated rings. The SMILES string of the molecule is CCc1cc2c(N3CCC4(CC3)CN(C(=O)OC(C)(C)C)C4)nc(OC3CCN(CCOC(C)C)CC3)nc2c(F)c1Br. The van der Waals surface area contributed by atoms with E-state index >= 15 is 4.39 Å². The summed E-state index contributed by atoms with van der Waals surface area (Å²) in [5.41, 5.74) is 0.759. The molecule has 2 aromatic rings. The maximum absolute atomic E-state index is 15.7. The standard InChI is InChI=1S/C32H47BrFN5O4/c1-7-22-18-24-27(26(34)25(22)33)35-29(42-23-8-12-37(13-9-23)16-17-41-21(2)3)36-28(24)38-14-10-32(11-15-38)19-39(20-32)30(40)43-31(4,5)6/h18,21,23H,7-17,19-20H2,1-6H3. The Labute approximate surface area is 263 Å². The molecule has 238 valence electrons. The average Bonchev–Trinajstić information content (AvgIpc) is 2.93. The topological polar surface area (TPSA) is 80.3 Å². The number of aryl methyl sites for hydroxylation is 1. The van der Waals surface area contributed by atoms with Crippen LogP contribution in [0.15, 0.2) is 10.5 Å². The predicted octanol–water partition coefficient (Wildman–Crippen LogP) is 6.20. The molecular weight excluding hydrogens is 617 g/mol. The number of rotatable bonds is 8. The monoisotopic (exact) mass is 663 g/mol. The lowest BCUT2D eigenvalue weighted by atomic mass is 9.72. The first-order valence-corrected chi connectivity index (χ1v) is 16.6. The zero-order valence-electron chi connectivity index (χ0n) is 26.5. The van der Waals surface area contributed by atoms with Crippen molar-refractivity contribution in [2.45, 2.75) is 91.5 Å². The van der Waals surface area contributed by atoms with Crippen LogP contribution in [0.4, 0.5) is 15.0 Å². The fourth-order valence-corrected chi connectivity index (χ4v) is 6.90. The molecule has 9 nitrogen and oxygen atoms in total. The number of amides is 1. The predicted molar refractivity (Wildman–Crippen MR) is 169 cm³/mol. The molecule has 0 aliphatic carbocycles. The Morgan fingerprint density at radius 2 is 1.81 bits per heavy atom. The van der Waals surface area contributed by atoms with Gasteiger partial charge in [0.05, 0.1) is 17.2 Å². The molecule has 1 aromatic heterocycles. The second-order valence-electron chi connectivity index (χ2n) is 13.6. The van der Waals surface area contributed by atoms with Crippen LogP contribution in [0.1, 0.15) is 72.8 Å². The highest BCUT2D eigenvalue weighted by Crippen LogP contribution is 2.43. The van der Waals surface area contributed by atoms with E-state index in [-0.39, 0.29) is 41.1 Å². The highest BCUT2D eigenvalue weighted by molar-refractivity contribution is 9.10. The number of fused-ring (bicyclic) bond motifs is 1. The number of likely N-dealkylation sites (tertiary alicyclic amines) is 2. The van der Waals surface area contributed by atoms with Crippen molar-refractivity contribution in [3.63, 3.8) is 0 Å². The maximum atomic E-state index is 15.7. The lowest BCUT2D eigenvalue weighted by Crippen LogP contribution is -2.62. The number of halogens is 2. The van der Waals surface area contributed by atoms with Crippen molar-refractivity contribution in [1.82, 2.24) is 19.8 Å². The van der Waals surface area contributed by atoms with Crippen molar-refractivity contribution in [1.29, 1.82) is 0 Å². The summed E-state index contributed by atoms with van der Waals surface area (Å²) in [6.45, 7) is 18.2. The Morgan fingerprint density at radius 3 is 2.42 bits per heavy atom. The van der Waals surface area contributed by atoms with Gasteiger partial charge in [-0.1, -0.05) is 6.92 Å². The molecule has 1 amide bonds. The van der Waals surface area contributed by atoms with Crippen molar-refractivity contribution in [2.24, 2.45) is 5.41 Å². The zero-order chi connectivity index (χ0) is 30.9. The molecule has 3 saturated heterocycles. The van der Waals surface area contributed by atoms with Crippen molar-refractivity contribution in [3.8, 4) is 6.01 Å². The van der Waals surface area contributed by atoms with Crippen molar-refractivity contribution in [3.05, 3.63) is 21.9 Å². The molecule has 43 heavy (non-hydrogen) atoms. The van der Waals surface area contributed by atoms with E-state index in [2.05, 4.69) is 44.6 Å². The minimum atomic E-state index is -0.502. The molecule has 1 spiro atoms. The van der Waals surface area contributed by atoms with E-state index in [0.29, 0.717) is 29.4 Å². The maximum Gasteiger partial charge on any atom is 0.410 e. The molecule has 0 radical (unpaired) electrons. The highest BCUT2D eigenvalue weighted by atomic mass is 79.9. The van der Waals surface area contributed by atoms with Gasteiger partial charge in [-0.2, -0.15) is 9.97 Å². The smallest absolute Gasteiger partial charge is 0.410 e. The third kappa shape index (κ3) is 7.53. The van der Waals surface area contributed by atoms with E-state index in [1.54, 1.807) is 4.90 Å².